The molecule has 1 N–H and O–H groups in total. The summed E-state index contributed by atoms with van der Waals surface area (Å²) in [5, 5.41) is 0. The number of rotatable bonds is 3. The van der Waals surface area contributed by atoms with Crippen LogP contribution in [0.4, 0.5) is 0 Å². The standard InChI is InChI=1S/C12H14N2O2/c1-8-7-13-12(14-8)10-6-9(15-2)4-5-11(10)16-3/h4-7H,1-3H3,(H,13,14). The second kappa shape index (κ2) is 4.26. The van der Waals surface area contributed by atoms with E-state index in [1.54, 1.807) is 20.4 Å². The molecule has 2 rings (SSSR count). The maximum Gasteiger partial charge on any atom is 0.141 e. The molecule has 4 heteroatoms. The zero-order valence-corrected chi connectivity index (χ0v) is 9.57. The van der Waals surface area contributed by atoms with Gasteiger partial charge in [0.15, 0.2) is 0 Å². The zero-order valence-electron chi connectivity index (χ0n) is 9.57. The lowest BCUT2D eigenvalue weighted by Crippen LogP contribution is -1.91. The van der Waals surface area contributed by atoms with E-state index < -0.39 is 0 Å². The normalized spacial score (nSPS) is 10.2. The number of ether oxygens (including phenoxy) is 2. The highest BCUT2D eigenvalue weighted by Gasteiger charge is 2.10. The van der Waals surface area contributed by atoms with Crippen LogP contribution in [0, 0.1) is 6.92 Å². The third-order valence-electron chi connectivity index (χ3n) is 2.36. The molecule has 0 fully saturated rings. The highest BCUT2D eigenvalue weighted by molar-refractivity contribution is 5.66. The van der Waals surface area contributed by atoms with Crippen molar-refractivity contribution in [2.45, 2.75) is 6.92 Å². The average Bonchev–Trinajstić information content (AvgIpc) is 2.75. The largest absolute Gasteiger partial charge is 0.497 e. The number of nitrogens with zero attached hydrogens (tertiary/aromatic N) is 1. The summed E-state index contributed by atoms with van der Waals surface area (Å²) >= 11 is 0. The summed E-state index contributed by atoms with van der Waals surface area (Å²) in [6, 6.07) is 5.63. The second-order valence-corrected chi connectivity index (χ2v) is 3.48. The van der Waals surface area contributed by atoms with Gasteiger partial charge in [-0.1, -0.05) is 0 Å². The molecular formula is C12H14N2O2. The molecule has 1 heterocycles. The van der Waals surface area contributed by atoms with Crippen LogP contribution in [0.15, 0.2) is 24.4 Å². The van der Waals surface area contributed by atoms with Crippen molar-refractivity contribution in [3.05, 3.63) is 30.1 Å². The van der Waals surface area contributed by atoms with Crippen molar-refractivity contribution in [2.75, 3.05) is 14.2 Å². The van der Waals surface area contributed by atoms with Gasteiger partial charge in [-0.15, -0.1) is 0 Å². The molecule has 0 aliphatic heterocycles. The van der Waals surface area contributed by atoms with E-state index in [9.17, 15) is 0 Å². The van der Waals surface area contributed by atoms with Gasteiger partial charge < -0.3 is 14.5 Å². The first-order valence-electron chi connectivity index (χ1n) is 4.98. The smallest absolute Gasteiger partial charge is 0.141 e. The third-order valence-corrected chi connectivity index (χ3v) is 2.36. The molecule has 0 spiro atoms. The summed E-state index contributed by atoms with van der Waals surface area (Å²) in [7, 11) is 3.28. The van der Waals surface area contributed by atoms with Gasteiger partial charge in [-0.05, 0) is 25.1 Å². The summed E-state index contributed by atoms with van der Waals surface area (Å²) in [5.41, 5.74) is 1.91. The Morgan fingerprint density at radius 3 is 2.56 bits per heavy atom. The molecule has 0 bridgehead atoms. The second-order valence-electron chi connectivity index (χ2n) is 3.48. The third kappa shape index (κ3) is 1.86. The molecule has 16 heavy (non-hydrogen) atoms. The highest BCUT2D eigenvalue weighted by Crippen LogP contribution is 2.31. The fourth-order valence-electron chi connectivity index (χ4n) is 1.55. The van der Waals surface area contributed by atoms with Gasteiger partial charge in [0.2, 0.25) is 0 Å². The molecule has 0 atom stereocenters. The number of aromatic amines is 1. The summed E-state index contributed by atoms with van der Waals surface area (Å²) in [5.74, 6) is 2.34. The van der Waals surface area contributed by atoms with Crippen molar-refractivity contribution < 1.29 is 9.47 Å². The quantitative estimate of drug-likeness (QED) is 0.860. The Kier molecular flexibility index (Phi) is 2.81. The van der Waals surface area contributed by atoms with Gasteiger partial charge in [0.25, 0.3) is 0 Å². The van der Waals surface area contributed by atoms with Gasteiger partial charge in [-0.2, -0.15) is 0 Å². The Hall–Kier alpha value is -1.97. The summed E-state index contributed by atoms with van der Waals surface area (Å²) in [6.07, 6.45) is 1.79. The number of aromatic nitrogens is 2. The summed E-state index contributed by atoms with van der Waals surface area (Å²) in [4.78, 5) is 7.45. The van der Waals surface area contributed by atoms with Gasteiger partial charge >= 0.3 is 0 Å². The summed E-state index contributed by atoms with van der Waals surface area (Å²) in [6.45, 7) is 1.96. The molecule has 0 radical (unpaired) electrons. The molecular weight excluding hydrogens is 204 g/mol. The van der Waals surface area contributed by atoms with Gasteiger partial charge in [-0.3, -0.25) is 0 Å². The number of H-pyrrole nitrogens is 1. The van der Waals surface area contributed by atoms with Crippen LogP contribution in [0.3, 0.4) is 0 Å². The number of nitrogens with one attached hydrogen (secondary N) is 1. The molecule has 0 saturated carbocycles. The van der Waals surface area contributed by atoms with Crippen LogP contribution in [0.25, 0.3) is 11.4 Å². The van der Waals surface area contributed by atoms with Crippen LogP contribution in [-0.2, 0) is 0 Å². The number of imidazole rings is 1. The molecule has 84 valence electrons. The SMILES string of the molecule is COc1ccc(OC)c(-c2ncc(C)[nH]2)c1. The van der Waals surface area contributed by atoms with Crippen LogP contribution in [0.5, 0.6) is 11.5 Å². The topological polar surface area (TPSA) is 47.1 Å². The lowest BCUT2D eigenvalue weighted by Gasteiger charge is -2.08. The predicted molar refractivity (Wildman–Crippen MR) is 61.9 cm³/mol. The fraction of sp³-hybridized carbons (Fsp3) is 0.250. The van der Waals surface area contributed by atoms with E-state index in [0.717, 1.165) is 28.6 Å². The molecule has 0 aliphatic carbocycles. The first-order chi connectivity index (χ1) is 7.74. The van der Waals surface area contributed by atoms with Crippen molar-refractivity contribution in [1.29, 1.82) is 0 Å². The minimum absolute atomic E-state index is 0.773. The Balaban J connectivity index is 2.52. The van der Waals surface area contributed by atoms with E-state index in [1.165, 1.54) is 0 Å². The molecule has 0 saturated heterocycles. The Morgan fingerprint density at radius 1 is 1.19 bits per heavy atom. The molecule has 1 aromatic heterocycles. The van der Waals surface area contributed by atoms with Crippen LogP contribution in [0.1, 0.15) is 5.69 Å². The monoisotopic (exact) mass is 218 g/mol. The van der Waals surface area contributed by atoms with E-state index in [0.29, 0.717) is 0 Å². The van der Waals surface area contributed by atoms with Gasteiger partial charge in [0, 0.05) is 11.9 Å². The molecule has 4 nitrogen and oxygen atoms in total. The Labute approximate surface area is 94.2 Å². The molecule has 2 aromatic rings. The van der Waals surface area contributed by atoms with Crippen molar-refractivity contribution in [3.63, 3.8) is 0 Å². The van der Waals surface area contributed by atoms with E-state index in [-0.39, 0.29) is 0 Å². The highest BCUT2D eigenvalue weighted by atomic mass is 16.5. The fourth-order valence-corrected chi connectivity index (χ4v) is 1.55. The van der Waals surface area contributed by atoms with Crippen molar-refractivity contribution in [2.24, 2.45) is 0 Å². The summed E-state index contributed by atoms with van der Waals surface area (Å²) < 4.78 is 10.5. The minimum Gasteiger partial charge on any atom is -0.497 e. The number of aryl methyl sites for hydroxylation is 1. The zero-order chi connectivity index (χ0) is 11.5. The number of methoxy groups -OCH3 is 2. The van der Waals surface area contributed by atoms with Gasteiger partial charge in [-0.25, -0.2) is 4.98 Å². The number of hydrogen-bond acceptors (Lipinski definition) is 3. The average molecular weight is 218 g/mol. The van der Waals surface area contributed by atoms with Crippen molar-refractivity contribution in [1.82, 2.24) is 9.97 Å². The van der Waals surface area contributed by atoms with Crippen molar-refractivity contribution in [3.8, 4) is 22.9 Å². The maximum atomic E-state index is 5.29. The number of benzene rings is 1. The lowest BCUT2D eigenvalue weighted by molar-refractivity contribution is 0.404. The first-order valence-corrected chi connectivity index (χ1v) is 4.98. The molecule has 0 unspecified atom stereocenters. The number of hydrogen-bond donors (Lipinski definition) is 1. The Morgan fingerprint density at radius 2 is 2.00 bits per heavy atom. The van der Waals surface area contributed by atoms with Gasteiger partial charge in [0.1, 0.15) is 17.3 Å². The molecule has 0 amide bonds. The maximum absolute atomic E-state index is 5.29. The molecule has 0 aliphatic rings. The van der Waals surface area contributed by atoms with Crippen molar-refractivity contribution >= 4 is 0 Å². The van der Waals surface area contributed by atoms with Crippen LogP contribution < -0.4 is 9.47 Å². The lowest BCUT2D eigenvalue weighted by atomic mass is 10.2. The Bertz CT molecular complexity index is 492. The van der Waals surface area contributed by atoms with E-state index in [2.05, 4.69) is 9.97 Å². The minimum atomic E-state index is 0.773. The van der Waals surface area contributed by atoms with Crippen LogP contribution >= 0.6 is 0 Å². The van der Waals surface area contributed by atoms with E-state index in [4.69, 9.17) is 9.47 Å². The van der Waals surface area contributed by atoms with Crippen LogP contribution in [0.2, 0.25) is 0 Å². The van der Waals surface area contributed by atoms with Gasteiger partial charge in [0.05, 0.1) is 19.8 Å². The predicted octanol–water partition coefficient (Wildman–Crippen LogP) is 2.40. The van der Waals surface area contributed by atoms with E-state index >= 15 is 0 Å². The van der Waals surface area contributed by atoms with E-state index in [1.807, 2.05) is 25.1 Å². The first kappa shape index (κ1) is 10.5. The molecule has 1 aromatic carbocycles. The van der Waals surface area contributed by atoms with Crippen LogP contribution in [-0.4, -0.2) is 24.2 Å².